The van der Waals surface area contributed by atoms with E-state index >= 15 is 0 Å². The fraction of sp³-hybridized carbons (Fsp3) is 0.588. The van der Waals surface area contributed by atoms with Gasteiger partial charge in [0.1, 0.15) is 0 Å². The molecule has 0 aromatic heterocycles. The molecule has 4 nitrogen and oxygen atoms in total. The molecule has 0 spiro atoms. The Hall–Kier alpha value is -1.71. The third-order valence-electron chi connectivity index (χ3n) is 3.39. The van der Waals surface area contributed by atoms with Gasteiger partial charge in [-0.15, -0.1) is 0 Å². The summed E-state index contributed by atoms with van der Waals surface area (Å²) in [6.07, 6.45) is 4.61. The Morgan fingerprint density at radius 2 is 1.90 bits per heavy atom. The summed E-state index contributed by atoms with van der Waals surface area (Å²) in [5.74, 6) is -0.0878. The SMILES string of the molecule is CCCN(CCCCCC(=O)OCC)c1ccccc1N. The van der Waals surface area contributed by atoms with Gasteiger partial charge in [-0.25, -0.2) is 0 Å². The fourth-order valence-corrected chi connectivity index (χ4v) is 2.38. The predicted molar refractivity (Wildman–Crippen MR) is 88.5 cm³/mol. The van der Waals surface area contributed by atoms with Crippen LogP contribution in [0.25, 0.3) is 0 Å². The number of rotatable bonds is 10. The molecule has 0 heterocycles. The fourth-order valence-electron chi connectivity index (χ4n) is 2.38. The second-order valence-corrected chi connectivity index (χ2v) is 5.16. The molecule has 0 radical (unpaired) electrons. The number of hydrogen-bond acceptors (Lipinski definition) is 4. The molecule has 0 fully saturated rings. The molecule has 2 N–H and O–H groups in total. The molecule has 0 atom stereocenters. The average Bonchev–Trinajstić information content (AvgIpc) is 2.47. The molecule has 1 aromatic rings. The van der Waals surface area contributed by atoms with E-state index in [2.05, 4.69) is 17.9 Å². The standard InChI is InChI=1S/C17H28N2O2/c1-3-13-19(16-11-8-7-10-15(16)18)14-9-5-6-12-17(20)21-4-2/h7-8,10-11H,3-6,9,12-14,18H2,1-2H3. The predicted octanol–water partition coefficient (Wildman–Crippen LogP) is 3.61. The normalized spacial score (nSPS) is 10.4. The van der Waals surface area contributed by atoms with Crippen molar-refractivity contribution in [1.82, 2.24) is 0 Å². The maximum absolute atomic E-state index is 11.3. The van der Waals surface area contributed by atoms with Gasteiger partial charge in [-0.3, -0.25) is 4.79 Å². The van der Waals surface area contributed by atoms with Gasteiger partial charge in [-0.1, -0.05) is 25.5 Å². The van der Waals surface area contributed by atoms with E-state index in [4.69, 9.17) is 10.5 Å². The van der Waals surface area contributed by atoms with Crippen LogP contribution in [-0.2, 0) is 9.53 Å². The lowest BCUT2D eigenvalue weighted by Gasteiger charge is -2.25. The summed E-state index contributed by atoms with van der Waals surface area (Å²) in [7, 11) is 0. The molecule has 0 saturated carbocycles. The highest BCUT2D eigenvalue weighted by molar-refractivity contribution is 5.69. The van der Waals surface area contributed by atoms with Crippen molar-refractivity contribution in [3.8, 4) is 0 Å². The number of para-hydroxylation sites is 2. The number of anilines is 2. The minimum atomic E-state index is -0.0878. The van der Waals surface area contributed by atoms with Gasteiger partial charge in [0.25, 0.3) is 0 Å². The lowest BCUT2D eigenvalue weighted by atomic mass is 10.1. The van der Waals surface area contributed by atoms with Crippen molar-refractivity contribution in [2.45, 2.75) is 46.0 Å². The van der Waals surface area contributed by atoms with Gasteiger partial charge in [0.15, 0.2) is 0 Å². The smallest absolute Gasteiger partial charge is 0.305 e. The molecule has 0 amide bonds. The monoisotopic (exact) mass is 292 g/mol. The van der Waals surface area contributed by atoms with Crippen molar-refractivity contribution in [2.75, 3.05) is 30.3 Å². The van der Waals surface area contributed by atoms with Crippen LogP contribution in [0.2, 0.25) is 0 Å². The molecule has 0 aliphatic carbocycles. The van der Waals surface area contributed by atoms with Crippen LogP contribution in [0.4, 0.5) is 11.4 Å². The Bertz CT molecular complexity index is 421. The zero-order valence-electron chi connectivity index (χ0n) is 13.3. The maximum atomic E-state index is 11.3. The van der Waals surface area contributed by atoms with Crippen molar-refractivity contribution >= 4 is 17.3 Å². The average molecular weight is 292 g/mol. The highest BCUT2D eigenvalue weighted by Gasteiger charge is 2.08. The highest BCUT2D eigenvalue weighted by Crippen LogP contribution is 2.23. The summed E-state index contributed by atoms with van der Waals surface area (Å²) in [5.41, 5.74) is 8.00. The van der Waals surface area contributed by atoms with Crippen molar-refractivity contribution in [1.29, 1.82) is 0 Å². The van der Waals surface area contributed by atoms with Gasteiger partial charge in [-0.2, -0.15) is 0 Å². The number of carbonyl (C=O) groups is 1. The molecular weight excluding hydrogens is 264 g/mol. The molecule has 21 heavy (non-hydrogen) atoms. The van der Waals surface area contributed by atoms with Gasteiger partial charge in [-0.05, 0) is 38.3 Å². The van der Waals surface area contributed by atoms with Crippen molar-refractivity contribution in [3.05, 3.63) is 24.3 Å². The first-order chi connectivity index (χ1) is 10.2. The number of carbonyl (C=O) groups excluding carboxylic acids is 1. The van der Waals surface area contributed by atoms with E-state index in [-0.39, 0.29) is 5.97 Å². The zero-order valence-corrected chi connectivity index (χ0v) is 13.3. The largest absolute Gasteiger partial charge is 0.466 e. The quantitative estimate of drug-likeness (QED) is 0.406. The Morgan fingerprint density at radius 3 is 2.57 bits per heavy atom. The van der Waals surface area contributed by atoms with Crippen LogP contribution in [0.1, 0.15) is 46.0 Å². The highest BCUT2D eigenvalue weighted by atomic mass is 16.5. The Labute approximate surface area is 128 Å². The molecule has 1 aromatic carbocycles. The summed E-state index contributed by atoms with van der Waals surface area (Å²) < 4.78 is 4.93. The molecule has 4 heteroatoms. The first-order valence-corrected chi connectivity index (χ1v) is 7.94. The third-order valence-corrected chi connectivity index (χ3v) is 3.39. The molecule has 0 aliphatic heterocycles. The Morgan fingerprint density at radius 1 is 1.14 bits per heavy atom. The van der Waals surface area contributed by atoms with E-state index in [1.54, 1.807) is 0 Å². The third kappa shape index (κ3) is 6.52. The first-order valence-electron chi connectivity index (χ1n) is 7.94. The number of nitrogens with zero attached hydrogens (tertiary/aromatic N) is 1. The van der Waals surface area contributed by atoms with Crippen LogP contribution in [0, 0.1) is 0 Å². The molecular formula is C17H28N2O2. The van der Waals surface area contributed by atoms with E-state index in [0.29, 0.717) is 13.0 Å². The van der Waals surface area contributed by atoms with Crippen molar-refractivity contribution < 1.29 is 9.53 Å². The van der Waals surface area contributed by atoms with Crippen LogP contribution < -0.4 is 10.6 Å². The first kappa shape index (κ1) is 17.3. The number of esters is 1. The Balaban J connectivity index is 2.36. The molecule has 0 aliphatic rings. The molecule has 0 unspecified atom stereocenters. The van der Waals surface area contributed by atoms with Crippen LogP contribution in [0.3, 0.4) is 0 Å². The maximum Gasteiger partial charge on any atom is 0.305 e. The van der Waals surface area contributed by atoms with Gasteiger partial charge in [0, 0.05) is 19.5 Å². The van der Waals surface area contributed by atoms with Gasteiger partial charge < -0.3 is 15.4 Å². The van der Waals surface area contributed by atoms with E-state index in [0.717, 1.165) is 50.1 Å². The minimum Gasteiger partial charge on any atom is -0.466 e. The van der Waals surface area contributed by atoms with Crippen LogP contribution in [-0.4, -0.2) is 25.7 Å². The van der Waals surface area contributed by atoms with Crippen molar-refractivity contribution in [3.63, 3.8) is 0 Å². The molecule has 0 bridgehead atoms. The van der Waals surface area contributed by atoms with Gasteiger partial charge in [0.05, 0.1) is 18.0 Å². The van der Waals surface area contributed by atoms with Gasteiger partial charge in [0.2, 0.25) is 0 Å². The van der Waals surface area contributed by atoms with Crippen LogP contribution >= 0.6 is 0 Å². The number of benzene rings is 1. The zero-order chi connectivity index (χ0) is 15.5. The topological polar surface area (TPSA) is 55.6 Å². The number of unbranched alkanes of at least 4 members (excludes halogenated alkanes) is 2. The summed E-state index contributed by atoms with van der Waals surface area (Å²) in [6, 6.07) is 8.00. The van der Waals surface area contributed by atoms with E-state index < -0.39 is 0 Å². The second kappa shape index (κ2) is 10.1. The van der Waals surface area contributed by atoms with E-state index in [1.807, 2.05) is 25.1 Å². The number of nitrogens with two attached hydrogens (primary N) is 1. The van der Waals surface area contributed by atoms with E-state index in [9.17, 15) is 4.79 Å². The number of nitrogen functional groups attached to an aromatic ring is 1. The summed E-state index contributed by atoms with van der Waals surface area (Å²) >= 11 is 0. The molecule has 1 rings (SSSR count). The van der Waals surface area contributed by atoms with Gasteiger partial charge >= 0.3 is 5.97 Å². The summed E-state index contributed by atoms with van der Waals surface area (Å²) in [4.78, 5) is 13.6. The number of ether oxygens (including phenoxy) is 1. The lowest BCUT2D eigenvalue weighted by Crippen LogP contribution is -2.26. The minimum absolute atomic E-state index is 0.0878. The lowest BCUT2D eigenvalue weighted by molar-refractivity contribution is -0.143. The van der Waals surface area contributed by atoms with Crippen molar-refractivity contribution in [2.24, 2.45) is 0 Å². The van der Waals surface area contributed by atoms with Crippen LogP contribution in [0.15, 0.2) is 24.3 Å². The van der Waals surface area contributed by atoms with E-state index in [1.165, 1.54) is 0 Å². The summed E-state index contributed by atoms with van der Waals surface area (Å²) in [6.45, 7) is 6.46. The van der Waals surface area contributed by atoms with Crippen LogP contribution in [0.5, 0.6) is 0 Å². The molecule has 118 valence electrons. The molecule has 0 saturated heterocycles. The second-order valence-electron chi connectivity index (χ2n) is 5.16. The number of hydrogen-bond donors (Lipinski definition) is 1. The Kier molecular flexibility index (Phi) is 8.32. The summed E-state index contributed by atoms with van der Waals surface area (Å²) in [5, 5.41) is 0.